The summed E-state index contributed by atoms with van der Waals surface area (Å²) < 4.78 is 12.7. The van der Waals surface area contributed by atoms with E-state index < -0.39 is 0 Å². The van der Waals surface area contributed by atoms with E-state index in [0.29, 0.717) is 17.2 Å². The van der Waals surface area contributed by atoms with Gasteiger partial charge in [0.2, 0.25) is 4.77 Å². The van der Waals surface area contributed by atoms with Crippen LogP contribution < -0.4 is 10.3 Å². The maximum absolute atomic E-state index is 5.46. The largest absolute Gasteiger partial charge is 0.494 e. The maximum atomic E-state index is 5.46. The maximum Gasteiger partial charge on any atom is 0.216 e. The van der Waals surface area contributed by atoms with Crippen molar-refractivity contribution < 1.29 is 9.15 Å². The quantitative estimate of drug-likeness (QED) is 0.370. The summed E-state index contributed by atoms with van der Waals surface area (Å²) in [5.41, 5.74) is 4.70. The van der Waals surface area contributed by atoms with E-state index in [1.807, 2.05) is 56.3 Å². The van der Waals surface area contributed by atoms with Gasteiger partial charge in [-0.05, 0) is 74.1 Å². The number of furan rings is 1. The Labute approximate surface area is 156 Å². The Kier molecular flexibility index (Phi) is 5.65. The first-order valence-electron chi connectivity index (χ1n) is 8.09. The third-order valence-corrected chi connectivity index (χ3v) is 3.71. The van der Waals surface area contributed by atoms with Gasteiger partial charge in [0.25, 0.3) is 0 Å². The van der Waals surface area contributed by atoms with Crippen molar-refractivity contribution in [3.8, 4) is 17.1 Å². The molecule has 2 aromatic heterocycles. The van der Waals surface area contributed by atoms with E-state index in [9.17, 15) is 0 Å². The molecule has 0 amide bonds. The van der Waals surface area contributed by atoms with E-state index in [-0.39, 0.29) is 0 Å². The summed E-state index contributed by atoms with van der Waals surface area (Å²) in [6.45, 7) is 4.50. The zero-order valence-corrected chi connectivity index (χ0v) is 15.3. The third-order valence-electron chi connectivity index (χ3n) is 3.43. The highest BCUT2D eigenvalue weighted by Crippen LogP contribution is 2.20. The molecule has 2 N–H and O–H groups in total. The van der Waals surface area contributed by atoms with E-state index >= 15 is 0 Å². The number of aromatic nitrogens is 3. The van der Waals surface area contributed by atoms with Gasteiger partial charge in [0.15, 0.2) is 5.82 Å². The molecule has 26 heavy (non-hydrogen) atoms. The molecule has 7 nitrogen and oxygen atoms in total. The van der Waals surface area contributed by atoms with Crippen LogP contribution >= 0.6 is 12.2 Å². The molecule has 0 saturated carbocycles. The van der Waals surface area contributed by atoms with Gasteiger partial charge in [-0.2, -0.15) is 14.9 Å². The van der Waals surface area contributed by atoms with Crippen LogP contribution in [0.1, 0.15) is 19.6 Å². The topological polar surface area (TPSA) is 80.4 Å². The van der Waals surface area contributed by atoms with Crippen molar-refractivity contribution in [3.05, 3.63) is 58.8 Å². The molecule has 0 saturated heterocycles. The van der Waals surface area contributed by atoms with Gasteiger partial charge < -0.3 is 9.15 Å². The van der Waals surface area contributed by atoms with Crippen LogP contribution in [0, 0.1) is 4.77 Å². The first-order chi connectivity index (χ1) is 12.7. The Morgan fingerprint density at radius 2 is 2.19 bits per heavy atom. The number of nitrogens with zero attached hydrogens (tertiary/aromatic N) is 3. The molecule has 0 aliphatic heterocycles. The van der Waals surface area contributed by atoms with Gasteiger partial charge in [-0.15, -0.1) is 0 Å². The van der Waals surface area contributed by atoms with Crippen molar-refractivity contribution in [1.82, 2.24) is 14.9 Å². The number of aromatic amines is 1. The van der Waals surface area contributed by atoms with Crippen LogP contribution in [-0.2, 0) is 0 Å². The van der Waals surface area contributed by atoms with Gasteiger partial charge in [-0.25, -0.2) is 10.6 Å². The number of hydrazone groups is 1. The fraction of sp³-hybridized carbons (Fsp3) is 0.167. The average Bonchev–Trinajstić information content (AvgIpc) is 3.26. The summed E-state index contributed by atoms with van der Waals surface area (Å²) in [6.07, 6.45) is 5.19. The molecule has 0 spiro atoms. The summed E-state index contributed by atoms with van der Waals surface area (Å²) in [7, 11) is 0. The summed E-state index contributed by atoms with van der Waals surface area (Å²) in [4.78, 5) is 0. The van der Waals surface area contributed by atoms with Gasteiger partial charge in [0.05, 0.1) is 19.1 Å². The minimum atomic E-state index is 0.415. The van der Waals surface area contributed by atoms with Crippen LogP contribution in [0.4, 0.5) is 0 Å². The van der Waals surface area contributed by atoms with Crippen LogP contribution in [0.2, 0.25) is 0 Å². The van der Waals surface area contributed by atoms with Crippen molar-refractivity contribution in [1.29, 1.82) is 0 Å². The lowest BCUT2D eigenvalue weighted by Crippen LogP contribution is -2.10. The smallest absolute Gasteiger partial charge is 0.216 e. The van der Waals surface area contributed by atoms with E-state index in [4.69, 9.17) is 21.4 Å². The van der Waals surface area contributed by atoms with Crippen LogP contribution in [0.3, 0.4) is 0 Å². The molecular weight excluding hydrogens is 350 g/mol. The zero-order valence-electron chi connectivity index (χ0n) is 14.5. The molecular formula is C18H19N5O2S. The van der Waals surface area contributed by atoms with Gasteiger partial charge >= 0.3 is 0 Å². The lowest BCUT2D eigenvalue weighted by molar-refractivity contribution is 0.340. The normalized spacial score (nSPS) is 11.8. The number of ether oxygens (including phenoxy) is 1. The van der Waals surface area contributed by atoms with Crippen LogP contribution in [0.15, 0.2) is 57.8 Å². The van der Waals surface area contributed by atoms with Crippen LogP contribution in [-0.4, -0.2) is 27.7 Å². The minimum absolute atomic E-state index is 0.415. The van der Waals surface area contributed by atoms with Crippen molar-refractivity contribution in [2.75, 3.05) is 12.1 Å². The van der Waals surface area contributed by atoms with E-state index in [1.165, 1.54) is 0 Å². The Hall–Kier alpha value is -3.13. The molecule has 134 valence electrons. The predicted octanol–water partition coefficient (Wildman–Crippen LogP) is 4.23. The Morgan fingerprint density at radius 1 is 1.38 bits per heavy atom. The molecule has 0 radical (unpaired) electrons. The lowest BCUT2D eigenvalue weighted by atomic mass is 10.2. The number of H-pyrrole nitrogens is 1. The van der Waals surface area contributed by atoms with Gasteiger partial charge in [0, 0.05) is 5.56 Å². The average molecular weight is 369 g/mol. The van der Waals surface area contributed by atoms with Gasteiger partial charge in [0.1, 0.15) is 11.5 Å². The summed E-state index contributed by atoms with van der Waals surface area (Å²) in [6, 6.07) is 11.3. The van der Waals surface area contributed by atoms with E-state index in [1.54, 1.807) is 17.2 Å². The van der Waals surface area contributed by atoms with E-state index in [2.05, 4.69) is 20.8 Å². The molecule has 1 aromatic carbocycles. The number of benzene rings is 1. The van der Waals surface area contributed by atoms with Gasteiger partial charge in [-0.1, -0.05) is 0 Å². The van der Waals surface area contributed by atoms with Crippen LogP contribution in [0.25, 0.3) is 17.5 Å². The second kappa shape index (κ2) is 8.30. The number of hydrogen-bond acceptors (Lipinski definition) is 6. The summed E-state index contributed by atoms with van der Waals surface area (Å²) >= 11 is 5.27. The SMILES string of the molecule is CCOc1ccc(-c2n[nH]c(=S)n2N/N=C/C(C)=C/c2ccco2)cc1. The molecule has 2 heterocycles. The highest BCUT2D eigenvalue weighted by molar-refractivity contribution is 7.71. The highest BCUT2D eigenvalue weighted by atomic mass is 32.1. The van der Waals surface area contributed by atoms with Crippen molar-refractivity contribution in [2.45, 2.75) is 13.8 Å². The van der Waals surface area contributed by atoms with Gasteiger partial charge in [-0.3, -0.25) is 0 Å². The summed E-state index contributed by atoms with van der Waals surface area (Å²) in [5, 5.41) is 11.2. The second-order valence-corrected chi connectivity index (χ2v) is 5.79. The molecule has 0 bridgehead atoms. The third kappa shape index (κ3) is 4.28. The fourth-order valence-electron chi connectivity index (χ4n) is 2.27. The van der Waals surface area contributed by atoms with Crippen molar-refractivity contribution in [2.24, 2.45) is 5.10 Å². The first kappa shape index (κ1) is 17.7. The predicted molar refractivity (Wildman–Crippen MR) is 104 cm³/mol. The number of allylic oxidation sites excluding steroid dienone is 1. The molecule has 3 aromatic rings. The highest BCUT2D eigenvalue weighted by Gasteiger charge is 2.08. The molecule has 0 fully saturated rings. The number of hydrogen-bond donors (Lipinski definition) is 2. The molecule has 3 rings (SSSR count). The van der Waals surface area contributed by atoms with Crippen molar-refractivity contribution >= 4 is 24.5 Å². The molecule has 0 aliphatic carbocycles. The Balaban J connectivity index is 1.75. The molecule has 0 aliphatic rings. The molecule has 8 heteroatoms. The van der Waals surface area contributed by atoms with E-state index in [0.717, 1.165) is 22.6 Å². The number of rotatable bonds is 7. The Bertz CT molecular complexity index is 952. The van der Waals surface area contributed by atoms with Crippen LogP contribution in [0.5, 0.6) is 5.75 Å². The first-order valence-corrected chi connectivity index (χ1v) is 8.49. The standard InChI is InChI=1S/C18H19N5O2S/c1-3-24-15-8-6-14(7-9-15)17-20-21-18(26)23(17)22-19-12-13(2)11-16-5-4-10-25-16/h4-12,22H,3H2,1-2H3,(H,21,26)/b13-11+,19-12+. The molecule has 0 unspecified atom stereocenters. The zero-order chi connectivity index (χ0) is 18.4. The lowest BCUT2D eigenvalue weighted by Gasteiger charge is -2.07. The Morgan fingerprint density at radius 3 is 2.88 bits per heavy atom. The second-order valence-electron chi connectivity index (χ2n) is 5.41. The minimum Gasteiger partial charge on any atom is -0.494 e. The number of nitrogens with one attached hydrogen (secondary N) is 2. The fourth-order valence-corrected chi connectivity index (χ4v) is 2.45. The molecule has 0 atom stereocenters. The van der Waals surface area contributed by atoms with Crippen molar-refractivity contribution in [3.63, 3.8) is 0 Å². The monoisotopic (exact) mass is 369 g/mol. The summed E-state index contributed by atoms with van der Waals surface area (Å²) in [5.74, 6) is 2.20.